The molecule has 0 N–H and O–H groups in total. The van der Waals surface area contributed by atoms with Gasteiger partial charge in [-0.15, -0.1) is 11.3 Å². The number of rotatable bonds is 4. The summed E-state index contributed by atoms with van der Waals surface area (Å²) in [4.78, 5) is 20.2. The van der Waals surface area contributed by atoms with Crippen LogP contribution in [0.1, 0.15) is 46.6 Å². The van der Waals surface area contributed by atoms with Crippen LogP contribution in [-0.4, -0.2) is 34.3 Å². The topological polar surface area (TPSA) is 23.6 Å². The van der Waals surface area contributed by atoms with Crippen LogP contribution in [0.4, 0.5) is 0 Å². The third kappa shape index (κ3) is 3.58. The first-order chi connectivity index (χ1) is 12.5. The second kappa shape index (κ2) is 7.16. The summed E-state index contributed by atoms with van der Waals surface area (Å²) >= 11 is 1.90. The van der Waals surface area contributed by atoms with Gasteiger partial charge in [-0.3, -0.25) is 9.69 Å². The van der Waals surface area contributed by atoms with Gasteiger partial charge in [-0.2, -0.15) is 0 Å². The molecule has 0 aliphatic carbocycles. The smallest absolute Gasteiger partial charge is 0.223 e. The first-order valence-electron chi connectivity index (χ1n) is 9.68. The van der Waals surface area contributed by atoms with Crippen molar-refractivity contribution in [2.24, 2.45) is 0 Å². The first kappa shape index (κ1) is 17.7. The number of benzene rings is 1. The molecule has 3 heterocycles. The monoisotopic (exact) mass is 368 g/mol. The first-order valence-corrected chi connectivity index (χ1v) is 10.5. The van der Waals surface area contributed by atoms with E-state index in [1.54, 1.807) is 0 Å². The van der Waals surface area contributed by atoms with Gasteiger partial charge in [-0.1, -0.05) is 29.8 Å². The summed E-state index contributed by atoms with van der Waals surface area (Å²) in [5.41, 5.74) is 2.61. The number of aryl methyl sites for hydroxylation is 2. The van der Waals surface area contributed by atoms with Crippen molar-refractivity contribution in [2.75, 3.05) is 13.1 Å². The summed E-state index contributed by atoms with van der Waals surface area (Å²) < 4.78 is 0. The molecule has 2 aliphatic heterocycles. The molecular formula is C22H28N2OS. The fourth-order valence-electron chi connectivity index (χ4n) is 4.56. The molecule has 1 spiro atoms. The average molecular weight is 369 g/mol. The molecule has 2 fully saturated rings. The molecule has 4 rings (SSSR count). The van der Waals surface area contributed by atoms with Crippen molar-refractivity contribution in [2.45, 2.75) is 58.2 Å². The standard InChI is InChI=1S/C22H28N2OS/c1-17-4-3-5-19(14-17)15-24-21(25)8-9-22(24)10-12-23(13-11-22)16-20-7-6-18(2)26-20/h3-7,14H,8-13,15-16H2,1-2H3. The average Bonchev–Trinajstić information content (AvgIpc) is 3.16. The Morgan fingerprint density at radius 2 is 1.85 bits per heavy atom. The second-order valence-electron chi connectivity index (χ2n) is 7.98. The number of piperidine rings is 1. The molecule has 0 unspecified atom stereocenters. The van der Waals surface area contributed by atoms with Gasteiger partial charge >= 0.3 is 0 Å². The Morgan fingerprint density at radius 3 is 2.54 bits per heavy atom. The van der Waals surface area contributed by atoms with E-state index in [4.69, 9.17) is 0 Å². The zero-order valence-electron chi connectivity index (χ0n) is 15.8. The number of thiophene rings is 1. The van der Waals surface area contributed by atoms with Crippen LogP contribution in [0.15, 0.2) is 36.4 Å². The van der Waals surface area contributed by atoms with Crippen LogP contribution < -0.4 is 0 Å². The maximum atomic E-state index is 12.6. The van der Waals surface area contributed by atoms with Crippen LogP contribution in [0.5, 0.6) is 0 Å². The molecule has 26 heavy (non-hydrogen) atoms. The Morgan fingerprint density at radius 1 is 1.04 bits per heavy atom. The number of hydrogen-bond donors (Lipinski definition) is 0. The van der Waals surface area contributed by atoms with Gasteiger partial charge in [0.2, 0.25) is 5.91 Å². The van der Waals surface area contributed by atoms with Crippen molar-refractivity contribution in [3.63, 3.8) is 0 Å². The normalized spacial score (nSPS) is 20.2. The number of carbonyl (C=O) groups is 1. The number of amides is 1. The lowest BCUT2D eigenvalue weighted by Crippen LogP contribution is -2.52. The summed E-state index contributed by atoms with van der Waals surface area (Å²) in [6.07, 6.45) is 3.96. The Bertz CT molecular complexity index is 789. The van der Waals surface area contributed by atoms with Crippen molar-refractivity contribution >= 4 is 17.2 Å². The molecule has 0 atom stereocenters. The van der Waals surface area contributed by atoms with Crippen LogP contribution in [-0.2, 0) is 17.9 Å². The van der Waals surface area contributed by atoms with E-state index in [1.165, 1.54) is 20.9 Å². The van der Waals surface area contributed by atoms with Gasteiger partial charge in [0, 0.05) is 47.9 Å². The van der Waals surface area contributed by atoms with Gasteiger partial charge in [0.1, 0.15) is 0 Å². The highest BCUT2D eigenvalue weighted by molar-refractivity contribution is 7.11. The lowest BCUT2D eigenvalue weighted by atomic mass is 9.84. The van der Waals surface area contributed by atoms with Crippen LogP contribution in [0, 0.1) is 13.8 Å². The highest BCUT2D eigenvalue weighted by Crippen LogP contribution is 2.40. The molecular weight excluding hydrogens is 340 g/mol. The van der Waals surface area contributed by atoms with E-state index < -0.39 is 0 Å². The molecule has 2 saturated heterocycles. The van der Waals surface area contributed by atoms with Crippen LogP contribution in [0.2, 0.25) is 0 Å². The van der Waals surface area contributed by atoms with E-state index in [2.05, 4.69) is 60.0 Å². The molecule has 0 radical (unpaired) electrons. The molecule has 1 aromatic heterocycles. The molecule has 138 valence electrons. The van der Waals surface area contributed by atoms with Crippen molar-refractivity contribution in [3.8, 4) is 0 Å². The Balaban J connectivity index is 1.43. The minimum atomic E-state index is 0.0860. The highest BCUT2D eigenvalue weighted by atomic mass is 32.1. The van der Waals surface area contributed by atoms with E-state index in [-0.39, 0.29) is 5.54 Å². The molecule has 2 aromatic rings. The summed E-state index contributed by atoms with van der Waals surface area (Å²) in [6, 6.07) is 13.1. The molecule has 0 saturated carbocycles. The maximum absolute atomic E-state index is 12.6. The number of carbonyl (C=O) groups excluding carboxylic acids is 1. The van der Waals surface area contributed by atoms with E-state index in [0.717, 1.165) is 51.9 Å². The predicted molar refractivity (Wildman–Crippen MR) is 107 cm³/mol. The zero-order valence-corrected chi connectivity index (χ0v) is 16.6. The van der Waals surface area contributed by atoms with Gasteiger partial charge in [-0.05, 0) is 50.8 Å². The molecule has 2 aliphatic rings. The van der Waals surface area contributed by atoms with Crippen molar-refractivity contribution in [3.05, 3.63) is 57.3 Å². The van der Waals surface area contributed by atoms with Crippen LogP contribution in [0.25, 0.3) is 0 Å². The summed E-state index contributed by atoms with van der Waals surface area (Å²) in [5, 5.41) is 0. The Kier molecular flexibility index (Phi) is 4.89. The van der Waals surface area contributed by atoms with Gasteiger partial charge in [0.25, 0.3) is 0 Å². The zero-order chi connectivity index (χ0) is 18.1. The van der Waals surface area contributed by atoms with Crippen molar-refractivity contribution in [1.82, 2.24) is 9.80 Å². The lowest BCUT2D eigenvalue weighted by Gasteiger charge is -2.45. The summed E-state index contributed by atoms with van der Waals surface area (Å²) in [6.45, 7) is 8.30. The number of nitrogens with zero attached hydrogens (tertiary/aromatic N) is 2. The summed E-state index contributed by atoms with van der Waals surface area (Å²) in [5.74, 6) is 0.342. The van der Waals surface area contributed by atoms with E-state index in [1.807, 2.05) is 11.3 Å². The van der Waals surface area contributed by atoms with Gasteiger partial charge in [0.05, 0.1) is 0 Å². The maximum Gasteiger partial charge on any atom is 0.223 e. The second-order valence-corrected chi connectivity index (χ2v) is 9.35. The lowest BCUT2D eigenvalue weighted by molar-refractivity contribution is -0.133. The number of likely N-dealkylation sites (tertiary alicyclic amines) is 2. The fraction of sp³-hybridized carbons (Fsp3) is 0.500. The van der Waals surface area contributed by atoms with Gasteiger partial charge in [0.15, 0.2) is 0 Å². The molecule has 3 nitrogen and oxygen atoms in total. The van der Waals surface area contributed by atoms with Crippen LogP contribution in [0.3, 0.4) is 0 Å². The Labute approximate surface area is 160 Å². The van der Waals surface area contributed by atoms with E-state index in [9.17, 15) is 4.79 Å². The van der Waals surface area contributed by atoms with E-state index >= 15 is 0 Å². The molecule has 1 amide bonds. The number of hydrogen-bond acceptors (Lipinski definition) is 3. The van der Waals surface area contributed by atoms with Crippen molar-refractivity contribution < 1.29 is 4.79 Å². The van der Waals surface area contributed by atoms with E-state index in [0.29, 0.717) is 5.91 Å². The highest BCUT2D eigenvalue weighted by Gasteiger charge is 2.46. The fourth-order valence-corrected chi connectivity index (χ4v) is 5.49. The SMILES string of the molecule is Cc1cccc(CN2C(=O)CCC23CCN(Cc2ccc(C)s2)CC3)c1. The van der Waals surface area contributed by atoms with Gasteiger partial charge in [-0.25, -0.2) is 0 Å². The minimum absolute atomic E-state index is 0.0860. The molecule has 4 heteroatoms. The van der Waals surface area contributed by atoms with Crippen LogP contribution >= 0.6 is 11.3 Å². The third-order valence-electron chi connectivity index (χ3n) is 6.06. The van der Waals surface area contributed by atoms with Gasteiger partial charge < -0.3 is 4.90 Å². The van der Waals surface area contributed by atoms with Crippen molar-refractivity contribution in [1.29, 1.82) is 0 Å². The third-order valence-corrected chi connectivity index (χ3v) is 7.05. The minimum Gasteiger partial charge on any atom is -0.333 e. The largest absolute Gasteiger partial charge is 0.333 e. The summed E-state index contributed by atoms with van der Waals surface area (Å²) in [7, 11) is 0. The quantitative estimate of drug-likeness (QED) is 0.792. The molecule has 1 aromatic carbocycles. The molecule has 0 bridgehead atoms. The Hall–Kier alpha value is -1.65. The predicted octanol–water partition coefficient (Wildman–Crippen LogP) is 4.52.